The fraction of sp³-hybridized carbons (Fsp3) is 0.545. The maximum absolute atomic E-state index is 5.83. The summed E-state index contributed by atoms with van der Waals surface area (Å²) in [5.41, 5.74) is 1.09. The van der Waals surface area contributed by atoms with E-state index in [0.717, 1.165) is 16.5 Å². The van der Waals surface area contributed by atoms with Crippen LogP contribution in [0, 0.1) is 0 Å². The van der Waals surface area contributed by atoms with Crippen molar-refractivity contribution in [2.75, 3.05) is 25.3 Å². The normalized spacial score (nSPS) is 15.1. The molecule has 1 aliphatic carbocycles. The van der Waals surface area contributed by atoms with Gasteiger partial charge in [-0.3, -0.25) is 0 Å². The molecule has 0 amide bonds. The molecule has 1 fully saturated rings. The predicted molar refractivity (Wildman–Crippen MR) is 64.0 cm³/mol. The minimum Gasteiger partial charge on any atom is -0.488 e. The highest BCUT2D eigenvalue weighted by Crippen LogP contribution is 2.34. The van der Waals surface area contributed by atoms with Crippen molar-refractivity contribution in [1.29, 1.82) is 0 Å². The second-order valence-corrected chi connectivity index (χ2v) is 4.71. The number of pyridine rings is 1. The molecule has 0 bridgehead atoms. The van der Waals surface area contributed by atoms with Crippen LogP contribution < -0.4 is 9.64 Å². The Bertz CT molecular complexity index is 350. The Kier molecular flexibility index (Phi) is 3.05. The van der Waals surface area contributed by atoms with Crippen LogP contribution in [0.25, 0.3) is 0 Å². The van der Waals surface area contributed by atoms with Gasteiger partial charge in [-0.1, -0.05) is 0 Å². The Labute approximate surface area is 94.8 Å². The van der Waals surface area contributed by atoms with Crippen molar-refractivity contribution in [3.8, 4) is 5.75 Å². The van der Waals surface area contributed by atoms with Gasteiger partial charge in [-0.05, 0) is 19.1 Å². The molecule has 0 aliphatic heterocycles. The van der Waals surface area contributed by atoms with E-state index in [1.807, 2.05) is 31.4 Å². The molecule has 0 unspecified atom stereocenters. The van der Waals surface area contributed by atoms with E-state index in [2.05, 4.69) is 11.1 Å². The second-order valence-electron chi connectivity index (χ2n) is 3.91. The van der Waals surface area contributed by atoms with E-state index in [9.17, 15) is 0 Å². The molecule has 15 heavy (non-hydrogen) atoms. The molecule has 0 atom stereocenters. The van der Waals surface area contributed by atoms with Gasteiger partial charge in [0.2, 0.25) is 0 Å². The summed E-state index contributed by atoms with van der Waals surface area (Å²) in [5.74, 6) is 0.927. The van der Waals surface area contributed by atoms with Crippen molar-refractivity contribution >= 4 is 17.4 Å². The predicted octanol–water partition coefficient (Wildman–Crippen LogP) is 2.41. The van der Waals surface area contributed by atoms with Crippen LogP contribution in [0.5, 0.6) is 5.75 Å². The van der Waals surface area contributed by atoms with E-state index in [-0.39, 0.29) is 0 Å². The lowest BCUT2D eigenvalue weighted by molar-refractivity contribution is 0.293. The number of hydrogen-bond donors (Lipinski definition) is 0. The average molecular weight is 224 g/mol. The third kappa shape index (κ3) is 2.56. The molecule has 1 aliphatic rings. The van der Waals surface area contributed by atoms with Crippen LogP contribution in [0.4, 0.5) is 5.69 Å². The number of ether oxygens (including phenoxy) is 1. The topological polar surface area (TPSA) is 25.4 Å². The highest BCUT2D eigenvalue weighted by Gasteiger charge is 2.25. The summed E-state index contributed by atoms with van der Waals surface area (Å²) >= 11 is 1.63. The molecule has 3 nitrogen and oxygen atoms in total. The van der Waals surface area contributed by atoms with Crippen LogP contribution in [0.1, 0.15) is 12.8 Å². The monoisotopic (exact) mass is 224 g/mol. The number of nitrogens with zero attached hydrogens (tertiary/aromatic N) is 2. The SMILES string of the molecule is CSc1ncc(N(C)C)cc1OC1CC1. The Morgan fingerprint density at radius 2 is 2.20 bits per heavy atom. The summed E-state index contributed by atoms with van der Waals surface area (Å²) < 4.78 is 5.83. The lowest BCUT2D eigenvalue weighted by atomic mass is 10.4. The highest BCUT2D eigenvalue weighted by molar-refractivity contribution is 7.98. The van der Waals surface area contributed by atoms with Gasteiger partial charge in [-0.25, -0.2) is 4.98 Å². The second kappa shape index (κ2) is 4.31. The van der Waals surface area contributed by atoms with E-state index >= 15 is 0 Å². The summed E-state index contributed by atoms with van der Waals surface area (Å²) in [4.78, 5) is 6.43. The molecule has 82 valence electrons. The minimum atomic E-state index is 0.426. The van der Waals surface area contributed by atoms with Crippen LogP contribution in [0.15, 0.2) is 17.3 Å². The molecule has 0 N–H and O–H groups in total. The van der Waals surface area contributed by atoms with E-state index in [1.165, 1.54) is 12.8 Å². The van der Waals surface area contributed by atoms with E-state index in [4.69, 9.17) is 4.74 Å². The van der Waals surface area contributed by atoms with Gasteiger partial charge >= 0.3 is 0 Å². The van der Waals surface area contributed by atoms with Gasteiger partial charge in [-0.15, -0.1) is 11.8 Å². The Morgan fingerprint density at radius 3 is 2.73 bits per heavy atom. The zero-order valence-electron chi connectivity index (χ0n) is 9.36. The fourth-order valence-corrected chi connectivity index (χ4v) is 1.74. The minimum absolute atomic E-state index is 0.426. The lowest BCUT2D eigenvalue weighted by Gasteiger charge is -2.15. The van der Waals surface area contributed by atoms with Crippen molar-refractivity contribution in [2.45, 2.75) is 24.0 Å². The van der Waals surface area contributed by atoms with E-state index in [0.29, 0.717) is 6.10 Å². The van der Waals surface area contributed by atoms with Crippen LogP contribution in [0.2, 0.25) is 0 Å². The molecule has 0 spiro atoms. The van der Waals surface area contributed by atoms with Crippen LogP contribution in [0.3, 0.4) is 0 Å². The molecule has 2 rings (SSSR count). The molecule has 1 aromatic rings. The van der Waals surface area contributed by atoms with E-state index < -0.39 is 0 Å². The first-order chi connectivity index (χ1) is 7.20. The van der Waals surface area contributed by atoms with Crippen molar-refractivity contribution < 1.29 is 4.74 Å². The molecule has 0 saturated heterocycles. The summed E-state index contributed by atoms with van der Waals surface area (Å²) in [6.45, 7) is 0. The number of hydrogen-bond acceptors (Lipinski definition) is 4. The third-order valence-electron chi connectivity index (χ3n) is 2.33. The van der Waals surface area contributed by atoms with Gasteiger partial charge < -0.3 is 9.64 Å². The van der Waals surface area contributed by atoms with Crippen LogP contribution in [-0.4, -0.2) is 31.4 Å². The molecule has 1 saturated carbocycles. The van der Waals surface area contributed by atoms with Crippen molar-refractivity contribution in [2.24, 2.45) is 0 Å². The van der Waals surface area contributed by atoms with Crippen molar-refractivity contribution in [3.63, 3.8) is 0 Å². The van der Waals surface area contributed by atoms with Gasteiger partial charge in [0.15, 0.2) is 5.75 Å². The third-order valence-corrected chi connectivity index (χ3v) is 3.02. The summed E-state index contributed by atoms with van der Waals surface area (Å²) in [5, 5.41) is 0.979. The number of anilines is 1. The molecule has 1 aromatic heterocycles. The molecule has 0 radical (unpaired) electrons. The standard InChI is InChI=1S/C11H16N2OS/c1-13(2)8-6-10(14-9-4-5-9)11(15-3)12-7-8/h6-7,9H,4-5H2,1-3H3. The molecule has 4 heteroatoms. The summed E-state index contributed by atoms with van der Waals surface area (Å²) in [6.07, 6.45) is 6.69. The number of thioether (sulfide) groups is 1. The summed E-state index contributed by atoms with van der Waals surface area (Å²) in [6, 6.07) is 2.07. The average Bonchev–Trinajstić information content (AvgIpc) is 3.01. The quantitative estimate of drug-likeness (QED) is 0.733. The van der Waals surface area contributed by atoms with Gasteiger partial charge in [-0.2, -0.15) is 0 Å². The molecular weight excluding hydrogens is 208 g/mol. The van der Waals surface area contributed by atoms with Gasteiger partial charge in [0, 0.05) is 20.2 Å². The van der Waals surface area contributed by atoms with Crippen LogP contribution >= 0.6 is 11.8 Å². The molecule has 1 heterocycles. The zero-order valence-corrected chi connectivity index (χ0v) is 10.2. The smallest absolute Gasteiger partial charge is 0.153 e. The lowest BCUT2D eigenvalue weighted by Crippen LogP contribution is -2.10. The maximum atomic E-state index is 5.83. The molecule has 0 aromatic carbocycles. The first-order valence-corrected chi connectivity index (χ1v) is 6.31. The number of aromatic nitrogens is 1. The van der Waals surface area contributed by atoms with Crippen molar-refractivity contribution in [3.05, 3.63) is 12.3 Å². The van der Waals surface area contributed by atoms with E-state index in [1.54, 1.807) is 11.8 Å². The Hall–Kier alpha value is -0.900. The largest absolute Gasteiger partial charge is 0.488 e. The fourth-order valence-electron chi connectivity index (χ4n) is 1.27. The van der Waals surface area contributed by atoms with Gasteiger partial charge in [0.05, 0.1) is 18.0 Å². The first kappa shape index (κ1) is 10.6. The highest BCUT2D eigenvalue weighted by atomic mass is 32.2. The van der Waals surface area contributed by atoms with Gasteiger partial charge in [0.1, 0.15) is 5.03 Å². The molecular formula is C11H16N2OS. The van der Waals surface area contributed by atoms with Crippen molar-refractivity contribution in [1.82, 2.24) is 4.98 Å². The Balaban J connectivity index is 2.24. The van der Waals surface area contributed by atoms with Crippen LogP contribution in [-0.2, 0) is 0 Å². The van der Waals surface area contributed by atoms with Gasteiger partial charge in [0.25, 0.3) is 0 Å². The maximum Gasteiger partial charge on any atom is 0.153 e. The summed E-state index contributed by atoms with van der Waals surface area (Å²) in [7, 11) is 4.02. The Morgan fingerprint density at radius 1 is 1.47 bits per heavy atom. The number of rotatable bonds is 4. The zero-order chi connectivity index (χ0) is 10.8. The first-order valence-electron chi connectivity index (χ1n) is 5.08.